The van der Waals surface area contributed by atoms with Crippen molar-refractivity contribution in [3.8, 4) is 6.07 Å². The Balaban J connectivity index is 1.91. The van der Waals surface area contributed by atoms with Crippen molar-refractivity contribution in [2.45, 2.75) is 30.9 Å². The van der Waals surface area contributed by atoms with Gasteiger partial charge in [0.25, 0.3) is 0 Å². The predicted molar refractivity (Wildman–Crippen MR) is 67.8 cm³/mol. The standard InChI is InChI=1S/C14H18N2O2/c15-8-11-2-4-12(5-3-11)13(18)9-16-14(10-17)6-1-7-14/h2-5,13,16-18H,1,6-7,9-10H2. The molecule has 0 heterocycles. The molecular formula is C14H18N2O2. The molecule has 1 unspecified atom stereocenters. The largest absolute Gasteiger partial charge is 0.394 e. The van der Waals surface area contributed by atoms with Crippen molar-refractivity contribution < 1.29 is 10.2 Å². The zero-order valence-corrected chi connectivity index (χ0v) is 10.3. The van der Waals surface area contributed by atoms with Crippen LogP contribution in [0.2, 0.25) is 0 Å². The minimum absolute atomic E-state index is 0.118. The SMILES string of the molecule is N#Cc1ccc(C(O)CNC2(CO)CCC2)cc1. The Morgan fingerprint density at radius 2 is 2.00 bits per heavy atom. The molecule has 1 saturated carbocycles. The van der Waals surface area contributed by atoms with Crippen molar-refractivity contribution in [3.05, 3.63) is 35.4 Å². The van der Waals surface area contributed by atoms with E-state index in [1.165, 1.54) is 0 Å². The van der Waals surface area contributed by atoms with Crippen LogP contribution >= 0.6 is 0 Å². The minimum Gasteiger partial charge on any atom is -0.394 e. The third-order valence-corrected chi connectivity index (χ3v) is 3.71. The van der Waals surface area contributed by atoms with Gasteiger partial charge in [0.15, 0.2) is 0 Å². The summed E-state index contributed by atoms with van der Waals surface area (Å²) >= 11 is 0. The normalized spacial score (nSPS) is 18.7. The fraction of sp³-hybridized carbons (Fsp3) is 0.500. The van der Waals surface area contributed by atoms with Crippen molar-refractivity contribution in [3.63, 3.8) is 0 Å². The predicted octanol–water partition coefficient (Wildman–Crippen LogP) is 1.10. The molecule has 3 N–H and O–H groups in total. The molecule has 0 radical (unpaired) electrons. The second kappa shape index (κ2) is 5.49. The lowest BCUT2D eigenvalue weighted by Crippen LogP contribution is -2.54. The Morgan fingerprint density at radius 3 is 2.44 bits per heavy atom. The van der Waals surface area contributed by atoms with Crippen molar-refractivity contribution in [1.29, 1.82) is 5.26 Å². The lowest BCUT2D eigenvalue weighted by molar-refractivity contribution is 0.0687. The van der Waals surface area contributed by atoms with E-state index in [-0.39, 0.29) is 12.1 Å². The van der Waals surface area contributed by atoms with E-state index in [0.29, 0.717) is 12.1 Å². The number of aliphatic hydroxyl groups is 2. The third-order valence-electron chi connectivity index (χ3n) is 3.71. The average Bonchev–Trinajstić information content (AvgIpc) is 2.38. The Labute approximate surface area is 107 Å². The fourth-order valence-electron chi connectivity index (χ4n) is 2.21. The van der Waals surface area contributed by atoms with Gasteiger partial charge in [0.1, 0.15) is 0 Å². The van der Waals surface area contributed by atoms with Crippen LogP contribution in [0.15, 0.2) is 24.3 Å². The minimum atomic E-state index is -0.609. The Kier molecular flexibility index (Phi) is 3.97. The maximum Gasteiger partial charge on any atom is 0.0991 e. The maximum absolute atomic E-state index is 10.0. The lowest BCUT2D eigenvalue weighted by Gasteiger charge is -2.41. The zero-order chi connectivity index (χ0) is 13.0. The number of hydrogen-bond acceptors (Lipinski definition) is 4. The van der Waals surface area contributed by atoms with Gasteiger partial charge in [-0.3, -0.25) is 0 Å². The molecule has 0 amide bonds. The van der Waals surface area contributed by atoms with E-state index in [1.54, 1.807) is 24.3 Å². The summed E-state index contributed by atoms with van der Waals surface area (Å²) in [7, 11) is 0. The van der Waals surface area contributed by atoms with Crippen LogP contribution < -0.4 is 5.32 Å². The summed E-state index contributed by atoms with van der Waals surface area (Å²) in [6, 6.07) is 8.97. The molecule has 2 rings (SSSR count). The molecule has 0 aliphatic heterocycles. The molecule has 1 fully saturated rings. The van der Waals surface area contributed by atoms with Crippen LogP contribution in [0, 0.1) is 11.3 Å². The van der Waals surface area contributed by atoms with Crippen LogP contribution in [-0.4, -0.2) is 28.9 Å². The van der Waals surface area contributed by atoms with Gasteiger partial charge in [0.2, 0.25) is 0 Å². The molecule has 1 aliphatic rings. The molecule has 1 aliphatic carbocycles. The fourth-order valence-corrected chi connectivity index (χ4v) is 2.21. The van der Waals surface area contributed by atoms with Crippen LogP contribution in [-0.2, 0) is 0 Å². The van der Waals surface area contributed by atoms with Gasteiger partial charge in [-0.05, 0) is 37.0 Å². The summed E-state index contributed by atoms with van der Waals surface area (Å²) in [6.07, 6.45) is 2.44. The van der Waals surface area contributed by atoms with Crippen LogP contribution in [0.3, 0.4) is 0 Å². The Morgan fingerprint density at radius 1 is 1.33 bits per heavy atom. The number of benzene rings is 1. The van der Waals surface area contributed by atoms with Crippen molar-refractivity contribution in [2.75, 3.05) is 13.2 Å². The maximum atomic E-state index is 10.0. The quantitative estimate of drug-likeness (QED) is 0.727. The number of nitriles is 1. The third kappa shape index (κ3) is 2.70. The van der Waals surface area contributed by atoms with E-state index in [4.69, 9.17) is 5.26 Å². The summed E-state index contributed by atoms with van der Waals surface area (Å²) in [5.74, 6) is 0. The molecule has 0 spiro atoms. The van der Waals surface area contributed by atoms with Gasteiger partial charge in [-0.25, -0.2) is 0 Å². The van der Waals surface area contributed by atoms with E-state index in [9.17, 15) is 10.2 Å². The summed E-state index contributed by atoms with van der Waals surface area (Å²) in [4.78, 5) is 0. The summed E-state index contributed by atoms with van der Waals surface area (Å²) in [5, 5.41) is 31.3. The van der Waals surface area contributed by atoms with E-state index in [2.05, 4.69) is 5.32 Å². The molecule has 0 bridgehead atoms. The molecule has 4 heteroatoms. The first-order valence-electron chi connectivity index (χ1n) is 6.23. The topological polar surface area (TPSA) is 76.3 Å². The molecule has 18 heavy (non-hydrogen) atoms. The number of nitrogens with zero attached hydrogens (tertiary/aromatic N) is 1. The second-order valence-electron chi connectivity index (χ2n) is 4.92. The smallest absolute Gasteiger partial charge is 0.0991 e. The van der Waals surface area contributed by atoms with Gasteiger partial charge in [-0.15, -0.1) is 0 Å². The first-order chi connectivity index (χ1) is 8.69. The number of β-amino-alcohol motifs (C(OH)–C–C–N with tert-alkyl or cyclic N) is 1. The summed E-state index contributed by atoms with van der Waals surface area (Å²) in [6.45, 7) is 0.541. The molecule has 1 atom stereocenters. The first kappa shape index (κ1) is 13.0. The van der Waals surface area contributed by atoms with Crippen LogP contribution in [0.5, 0.6) is 0 Å². The average molecular weight is 246 g/mol. The number of rotatable bonds is 5. The van der Waals surface area contributed by atoms with Crippen molar-refractivity contribution in [1.82, 2.24) is 5.32 Å². The van der Waals surface area contributed by atoms with Gasteiger partial charge >= 0.3 is 0 Å². The highest BCUT2D eigenvalue weighted by atomic mass is 16.3. The molecule has 0 aromatic heterocycles. The number of nitrogens with one attached hydrogen (secondary N) is 1. The molecule has 96 valence electrons. The summed E-state index contributed by atoms with van der Waals surface area (Å²) < 4.78 is 0. The van der Waals surface area contributed by atoms with Crippen molar-refractivity contribution >= 4 is 0 Å². The molecule has 1 aromatic carbocycles. The van der Waals surface area contributed by atoms with Crippen LogP contribution in [0.4, 0.5) is 0 Å². The number of aliphatic hydroxyl groups excluding tert-OH is 2. The molecule has 1 aromatic rings. The highest BCUT2D eigenvalue weighted by molar-refractivity contribution is 5.32. The van der Waals surface area contributed by atoms with Gasteiger partial charge < -0.3 is 15.5 Å². The molecule has 0 saturated heterocycles. The van der Waals surface area contributed by atoms with E-state index >= 15 is 0 Å². The first-order valence-corrected chi connectivity index (χ1v) is 6.23. The zero-order valence-electron chi connectivity index (χ0n) is 10.3. The van der Waals surface area contributed by atoms with Gasteiger partial charge in [-0.2, -0.15) is 5.26 Å². The summed E-state index contributed by atoms with van der Waals surface area (Å²) in [5.41, 5.74) is 1.19. The molecular weight excluding hydrogens is 228 g/mol. The number of hydrogen-bond donors (Lipinski definition) is 3. The van der Waals surface area contributed by atoms with Gasteiger partial charge in [-0.1, -0.05) is 12.1 Å². The molecule has 4 nitrogen and oxygen atoms in total. The van der Waals surface area contributed by atoms with E-state index < -0.39 is 6.10 Å². The second-order valence-corrected chi connectivity index (χ2v) is 4.92. The highest BCUT2D eigenvalue weighted by Gasteiger charge is 2.36. The van der Waals surface area contributed by atoms with Crippen molar-refractivity contribution in [2.24, 2.45) is 0 Å². The van der Waals surface area contributed by atoms with Crippen LogP contribution in [0.25, 0.3) is 0 Å². The van der Waals surface area contributed by atoms with Gasteiger partial charge in [0.05, 0.1) is 24.3 Å². The Bertz CT molecular complexity index is 427. The monoisotopic (exact) mass is 246 g/mol. The Hall–Kier alpha value is -1.41. The highest BCUT2D eigenvalue weighted by Crippen LogP contribution is 2.31. The lowest BCUT2D eigenvalue weighted by atomic mass is 9.77. The van der Waals surface area contributed by atoms with E-state index in [1.807, 2.05) is 6.07 Å². The van der Waals surface area contributed by atoms with Crippen LogP contribution in [0.1, 0.15) is 36.5 Å². The van der Waals surface area contributed by atoms with E-state index in [0.717, 1.165) is 24.8 Å². The van der Waals surface area contributed by atoms with Gasteiger partial charge in [0, 0.05) is 12.1 Å².